The van der Waals surface area contributed by atoms with Crippen LogP contribution in [0.1, 0.15) is 52.0 Å². The van der Waals surface area contributed by atoms with Crippen molar-refractivity contribution in [3.63, 3.8) is 0 Å². The molecule has 0 aromatic heterocycles. The lowest BCUT2D eigenvalue weighted by Gasteiger charge is -2.39. The largest absolute Gasteiger partial charge is 0.493 e. The third-order valence-corrected chi connectivity index (χ3v) is 5.69. The normalized spacial score (nSPS) is 25.9. The molecule has 2 fully saturated rings. The van der Waals surface area contributed by atoms with Gasteiger partial charge in [-0.25, -0.2) is 0 Å². The van der Waals surface area contributed by atoms with Crippen LogP contribution < -0.4 is 4.74 Å². The summed E-state index contributed by atoms with van der Waals surface area (Å²) in [7, 11) is 0. The zero-order valence-electron chi connectivity index (χ0n) is 16.9. The lowest BCUT2D eigenvalue weighted by atomic mass is 9.65. The molecule has 0 spiro atoms. The van der Waals surface area contributed by atoms with Crippen LogP contribution in [0.5, 0.6) is 5.75 Å². The Balaban J connectivity index is 1.41. The van der Waals surface area contributed by atoms with E-state index in [2.05, 4.69) is 20.8 Å². The summed E-state index contributed by atoms with van der Waals surface area (Å²) in [5.41, 5.74) is 1.61. The predicted octanol–water partition coefficient (Wildman–Crippen LogP) is 3.73. The van der Waals surface area contributed by atoms with Crippen LogP contribution in [0, 0.1) is 17.8 Å². The molecule has 27 heavy (non-hydrogen) atoms. The van der Waals surface area contributed by atoms with Crippen molar-refractivity contribution in [2.24, 2.45) is 10.8 Å². The fourth-order valence-electron chi connectivity index (χ4n) is 4.94. The van der Waals surface area contributed by atoms with Gasteiger partial charge in [0.2, 0.25) is 0 Å². The summed E-state index contributed by atoms with van der Waals surface area (Å²) in [5, 5.41) is 0. The number of aryl methyl sites for hydroxylation is 1. The summed E-state index contributed by atoms with van der Waals surface area (Å²) >= 11 is 0. The fraction of sp³-hybridized carbons (Fsp3) is 0.636. The van der Waals surface area contributed by atoms with Crippen LogP contribution in [0.4, 0.5) is 0 Å². The molecule has 148 valence electrons. The Bertz CT molecular complexity index is 697. The van der Waals surface area contributed by atoms with E-state index in [1.165, 1.54) is 0 Å². The topological polar surface area (TPSA) is 55.8 Å². The molecule has 5 heteroatoms. The van der Waals surface area contributed by atoms with Crippen LogP contribution >= 0.6 is 0 Å². The lowest BCUT2D eigenvalue weighted by Crippen LogP contribution is -2.39. The van der Waals surface area contributed by atoms with E-state index in [0.29, 0.717) is 0 Å². The number of hydrogen-bond acceptors (Lipinski definition) is 4. The first-order valence-corrected chi connectivity index (χ1v) is 9.80. The standard InChI is InChI=1S/C22H31NO4/c1-16-5-7-18(8-6-16)26-10-9-20(25)27-13-19(24)23-15-22(4)12-17(23)11-21(2,3)14-22/h5-8,17H,9-15H2,1-4H3/t17-,22-/m1/s1. The molecule has 1 aliphatic heterocycles. The SMILES string of the molecule is Cc1ccc(OCCC(=O)OCC(=O)N2C[C@]3(C)C[C@H]2CC(C)(C)C3)cc1. The minimum Gasteiger partial charge on any atom is -0.493 e. The number of fused-ring (bicyclic) bond motifs is 2. The Morgan fingerprint density at radius 2 is 1.85 bits per heavy atom. The van der Waals surface area contributed by atoms with E-state index in [4.69, 9.17) is 9.47 Å². The number of likely N-dealkylation sites (tertiary alicyclic amines) is 1. The van der Waals surface area contributed by atoms with Crippen LogP contribution in [-0.4, -0.2) is 42.6 Å². The number of hydrogen-bond donors (Lipinski definition) is 0. The van der Waals surface area contributed by atoms with Crippen molar-refractivity contribution in [3.8, 4) is 5.75 Å². The second-order valence-electron chi connectivity index (χ2n) is 9.31. The van der Waals surface area contributed by atoms with Gasteiger partial charge in [-0.3, -0.25) is 9.59 Å². The molecule has 1 heterocycles. The first-order valence-electron chi connectivity index (χ1n) is 9.80. The number of rotatable bonds is 6. The zero-order chi connectivity index (χ0) is 19.7. The number of nitrogens with zero attached hydrogens (tertiary/aromatic N) is 1. The van der Waals surface area contributed by atoms with Crippen molar-refractivity contribution >= 4 is 11.9 Å². The number of benzene rings is 1. The van der Waals surface area contributed by atoms with Crippen molar-refractivity contribution in [1.82, 2.24) is 4.90 Å². The van der Waals surface area contributed by atoms with Gasteiger partial charge in [0.15, 0.2) is 6.61 Å². The Hall–Kier alpha value is -2.04. The summed E-state index contributed by atoms with van der Waals surface area (Å²) in [6.07, 6.45) is 3.35. The molecule has 1 amide bonds. The minimum atomic E-state index is -0.399. The predicted molar refractivity (Wildman–Crippen MR) is 103 cm³/mol. The molecule has 2 atom stereocenters. The molecule has 1 aliphatic carbocycles. The monoisotopic (exact) mass is 373 g/mol. The highest BCUT2D eigenvalue weighted by Gasteiger charge is 2.50. The maximum absolute atomic E-state index is 12.6. The molecule has 0 radical (unpaired) electrons. The van der Waals surface area contributed by atoms with Gasteiger partial charge in [0.05, 0.1) is 13.0 Å². The average Bonchev–Trinajstić information content (AvgIpc) is 2.83. The van der Waals surface area contributed by atoms with Gasteiger partial charge in [-0.05, 0) is 49.1 Å². The molecule has 3 rings (SSSR count). The van der Waals surface area contributed by atoms with Crippen molar-refractivity contribution in [2.75, 3.05) is 19.8 Å². The smallest absolute Gasteiger partial charge is 0.309 e. The average molecular weight is 373 g/mol. The van der Waals surface area contributed by atoms with Crippen LogP contribution in [0.25, 0.3) is 0 Å². The zero-order valence-corrected chi connectivity index (χ0v) is 16.9. The maximum Gasteiger partial charge on any atom is 0.309 e. The van der Waals surface area contributed by atoms with E-state index in [9.17, 15) is 9.59 Å². The summed E-state index contributed by atoms with van der Waals surface area (Å²) < 4.78 is 10.7. The van der Waals surface area contributed by atoms with E-state index in [1.54, 1.807) is 0 Å². The molecule has 1 saturated carbocycles. The van der Waals surface area contributed by atoms with Gasteiger partial charge in [0.1, 0.15) is 5.75 Å². The Kier molecular flexibility index (Phi) is 5.50. The highest BCUT2D eigenvalue weighted by molar-refractivity contribution is 5.81. The summed E-state index contributed by atoms with van der Waals surface area (Å²) in [6, 6.07) is 7.94. The Labute approximate surface area is 162 Å². The molecule has 2 aliphatic rings. The maximum atomic E-state index is 12.6. The molecule has 2 bridgehead atoms. The number of amides is 1. The van der Waals surface area contributed by atoms with Gasteiger partial charge >= 0.3 is 5.97 Å². The quantitative estimate of drug-likeness (QED) is 0.713. The molecule has 0 N–H and O–H groups in total. The molecule has 1 aromatic carbocycles. The highest BCUT2D eigenvalue weighted by Crippen LogP contribution is 2.52. The summed E-state index contributed by atoms with van der Waals surface area (Å²) in [4.78, 5) is 26.5. The van der Waals surface area contributed by atoms with Gasteiger partial charge in [-0.15, -0.1) is 0 Å². The fourth-order valence-corrected chi connectivity index (χ4v) is 4.94. The molecule has 1 saturated heterocycles. The van der Waals surface area contributed by atoms with E-state index in [-0.39, 0.29) is 42.4 Å². The van der Waals surface area contributed by atoms with Gasteiger partial charge < -0.3 is 14.4 Å². The molecule has 0 unspecified atom stereocenters. The van der Waals surface area contributed by atoms with Crippen LogP contribution in [0.2, 0.25) is 0 Å². The van der Waals surface area contributed by atoms with E-state index in [1.807, 2.05) is 36.1 Å². The number of carbonyl (C=O) groups is 2. The lowest BCUT2D eigenvalue weighted by molar-refractivity contribution is -0.152. The van der Waals surface area contributed by atoms with Gasteiger partial charge in [0, 0.05) is 12.6 Å². The van der Waals surface area contributed by atoms with Crippen molar-refractivity contribution in [2.45, 2.75) is 59.4 Å². The van der Waals surface area contributed by atoms with Crippen LogP contribution in [-0.2, 0) is 14.3 Å². The van der Waals surface area contributed by atoms with Crippen LogP contribution in [0.15, 0.2) is 24.3 Å². The molecular weight excluding hydrogens is 342 g/mol. The Morgan fingerprint density at radius 1 is 1.15 bits per heavy atom. The van der Waals surface area contributed by atoms with Crippen molar-refractivity contribution in [1.29, 1.82) is 0 Å². The summed E-state index contributed by atoms with van der Waals surface area (Å²) in [5.74, 6) is 0.253. The highest BCUT2D eigenvalue weighted by atomic mass is 16.5. The molecule has 5 nitrogen and oxygen atoms in total. The van der Waals surface area contributed by atoms with E-state index < -0.39 is 5.97 Å². The van der Waals surface area contributed by atoms with Gasteiger partial charge in [-0.2, -0.15) is 0 Å². The van der Waals surface area contributed by atoms with Gasteiger partial charge in [-0.1, -0.05) is 38.5 Å². The van der Waals surface area contributed by atoms with E-state index >= 15 is 0 Å². The van der Waals surface area contributed by atoms with Crippen molar-refractivity contribution < 1.29 is 19.1 Å². The number of esters is 1. The first-order chi connectivity index (χ1) is 12.7. The molecule has 1 aromatic rings. The third kappa shape index (κ3) is 5.02. The second kappa shape index (κ2) is 7.53. The summed E-state index contributed by atoms with van der Waals surface area (Å²) in [6.45, 7) is 9.67. The van der Waals surface area contributed by atoms with Crippen molar-refractivity contribution in [3.05, 3.63) is 29.8 Å². The third-order valence-electron chi connectivity index (χ3n) is 5.69. The number of carbonyl (C=O) groups excluding carboxylic acids is 2. The minimum absolute atomic E-state index is 0.0748. The van der Waals surface area contributed by atoms with Crippen LogP contribution in [0.3, 0.4) is 0 Å². The Morgan fingerprint density at radius 3 is 2.56 bits per heavy atom. The second-order valence-corrected chi connectivity index (χ2v) is 9.31. The van der Waals surface area contributed by atoms with E-state index in [0.717, 1.165) is 37.1 Å². The van der Waals surface area contributed by atoms with Gasteiger partial charge in [0.25, 0.3) is 5.91 Å². The number of ether oxygens (including phenoxy) is 2. The molecular formula is C22H31NO4. The first kappa shape index (κ1) is 19.7.